The van der Waals surface area contributed by atoms with Crippen LogP contribution in [0.15, 0.2) is 0 Å². The highest BCUT2D eigenvalue weighted by molar-refractivity contribution is 6.07. The summed E-state index contributed by atoms with van der Waals surface area (Å²) in [5.41, 5.74) is -0.875. The van der Waals surface area contributed by atoms with Gasteiger partial charge in [-0.3, -0.25) is 19.3 Å². The molecule has 3 saturated heterocycles. The molecule has 1 N–H and O–H groups in total. The molecular formula is C23H36N4O4. The molecule has 8 nitrogen and oxygen atoms in total. The quantitative estimate of drug-likeness (QED) is 0.689. The summed E-state index contributed by atoms with van der Waals surface area (Å²) in [5.74, 6) is 0.634. The van der Waals surface area contributed by atoms with E-state index >= 15 is 0 Å². The molecule has 0 atom stereocenters. The minimum atomic E-state index is -0.875. The number of amides is 5. The highest BCUT2D eigenvalue weighted by Crippen LogP contribution is 2.33. The highest BCUT2D eigenvalue weighted by atomic mass is 16.2. The van der Waals surface area contributed by atoms with Crippen LogP contribution in [0.3, 0.4) is 0 Å². The van der Waals surface area contributed by atoms with Gasteiger partial charge in [-0.15, -0.1) is 0 Å². The van der Waals surface area contributed by atoms with Gasteiger partial charge in [0.1, 0.15) is 5.54 Å². The lowest BCUT2D eigenvalue weighted by molar-refractivity contribution is -0.141. The van der Waals surface area contributed by atoms with Gasteiger partial charge in [-0.25, -0.2) is 4.79 Å². The van der Waals surface area contributed by atoms with Gasteiger partial charge in [0.05, 0.1) is 0 Å². The molecule has 0 aromatic heterocycles. The topological polar surface area (TPSA) is 90.0 Å². The van der Waals surface area contributed by atoms with E-state index in [-0.39, 0.29) is 35.7 Å². The summed E-state index contributed by atoms with van der Waals surface area (Å²) in [7, 11) is 0. The minimum absolute atomic E-state index is 0.0685. The van der Waals surface area contributed by atoms with Gasteiger partial charge in [-0.1, -0.05) is 26.7 Å². The Morgan fingerprint density at radius 1 is 0.968 bits per heavy atom. The minimum Gasteiger partial charge on any atom is -0.343 e. The summed E-state index contributed by atoms with van der Waals surface area (Å²) in [6, 6.07) is -0.470. The Labute approximate surface area is 184 Å². The van der Waals surface area contributed by atoms with Gasteiger partial charge in [-0.05, 0) is 44.4 Å². The fourth-order valence-corrected chi connectivity index (χ4v) is 5.75. The number of urea groups is 1. The SMILES string of the molecule is CC(C)C(=O)N1CCC2(CC1)NC(=O)N(C1CCN(C(=O)CC3CCCC3)CC1)C2=O. The molecule has 0 bridgehead atoms. The van der Waals surface area contributed by atoms with Crippen LogP contribution in [-0.4, -0.2) is 76.2 Å². The summed E-state index contributed by atoms with van der Waals surface area (Å²) in [5, 5.41) is 2.96. The van der Waals surface area contributed by atoms with Gasteiger partial charge in [0.15, 0.2) is 0 Å². The maximum atomic E-state index is 13.3. The van der Waals surface area contributed by atoms with Crippen molar-refractivity contribution in [3.63, 3.8) is 0 Å². The Bertz CT molecular complexity index is 730. The third-order valence-corrected chi connectivity index (χ3v) is 7.74. The summed E-state index contributed by atoms with van der Waals surface area (Å²) in [6.07, 6.45) is 7.64. The largest absolute Gasteiger partial charge is 0.343 e. The molecule has 31 heavy (non-hydrogen) atoms. The number of nitrogens with zero attached hydrogens (tertiary/aromatic N) is 3. The fourth-order valence-electron chi connectivity index (χ4n) is 5.75. The van der Waals surface area contributed by atoms with Crippen LogP contribution in [0, 0.1) is 11.8 Å². The maximum Gasteiger partial charge on any atom is 0.325 e. The lowest BCUT2D eigenvalue weighted by Crippen LogP contribution is -2.57. The molecule has 1 saturated carbocycles. The van der Waals surface area contributed by atoms with Crippen molar-refractivity contribution in [2.45, 2.75) is 83.2 Å². The zero-order chi connectivity index (χ0) is 22.2. The van der Waals surface area contributed by atoms with Gasteiger partial charge < -0.3 is 15.1 Å². The van der Waals surface area contributed by atoms with Crippen molar-refractivity contribution in [3.8, 4) is 0 Å². The second-order valence-corrected chi connectivity index (χ2v) is 10.1. The van der Waals surface area contributed by atoms with Gasteiger partial charge >= 0.3 is 6.03 Å². The first-order valence-electron chi connectivity index (χ1n) is 12.0. The van der Waals surface area contributed by atoms with Crippen molar-refractivity contribution in [3.05, 3.63) is 0 Å². The Balaban J connectivity index is 1.32. The van der Waals surface area contributed by atoms with E-state index in [2.05, 4.69) is 5.32 Å². The van der Waals surface area contributed by atoms with Crippen LogP contribution in [0.4, 0.5) is 4.79 Å². The molecule has 172 valence electrons. The number of nitrogens with one attached hydrogen (secondary N) is 1. The van der Waals surface area contributed by atoms with Gasteiger partial charge in [0, 0.05) is 44.6 Å². The molecule has 4 aliphatic rings. The number of imide groups is 1. The third-order valence-electron chi connectivity index (χ3n) is 7.74. The third kappa shape index (κ3) is 4.30. The van der Waals surface area contributed by atoms with Crippen molar-refractivity contribution in [2.75, 3.05) is 26.2 Å². The van der Waals surface area contributed by atoms with Crippen molar-refractivity contribution in [2.24, 2.45) is 11.8 Å². The molecule has 0 aromatic carbocycles. The predicted molar refractivity (Wildman–Crippen MR) is 115 cm³/mol. The second-order valence-electron chi connectivity index (χ2n) is 10.1. The van der Waals surface area contributed by atoms with Crippen LogP contribution in [0.25, 0.3) is 0 Å². The molecule has 0 aromatic rings. The van der Waals surface area contributed by atoms with E-state index in [1.165, 1.54) is 17.7 Å². The van der Waals surface area contributed by atoms with Crippen LogP contribution in [0.2, 0.25) is 0 Å². The van der Waals surface area contributed by atoms with Crippen LogP contribution < -0.4 is 5.32 Å². The first-order valence-corrected chi connectivity index (χ1v) is 12.0. The van der Waals surface area contributed by atoms with Gasteiger partial charge in [0.25, 0.3) is 5.91 Å². The Morgan fingerprint density at radius 2 is 1.58 bits per heavy atom. The summed E-state index contributed by atoms with van der Waals surface area (Å²) in [6.45, 7) is 5.95. The summed E-state index contributed by atoms with van der Waals surface area (Å²) >= 11 is 0. The predicted octanol–water partition coefficient (Wildman–Crippen LogP) is 2.13. The van der Waals surface area contributed by atoms with Crippen LogP contribution in [0.5, 0.6) is 0 Å². The average molecular weight is 433 g/mol. The fraction of sp³-hybridized carbons (Fsp3) is 0.826. The molecule has 5 amide bonds. The molecule has 0 unspecified atom stereocenters. The van der Waals surface area contributed by atoms with E-state index in [0.717, 1.165) is 12.8 Å². The zero-order valence-electron chi connectivity index (χ0n) is 18.9. The summed E-state index contributed by atoms with van der Waals surface area (Å²) < 4.78 is 0. The van der Waals surface area contributed by atoms with E-state index in [0.29, 0.717) is 64.2 Å². The van der Waals surface area contributed by atoms with Crippen molar-refractivity contribution in [1.29, 1.82) is 0 Å². The van der Waals surface area contributed by atoms with Crippen molar-refractivity contribution < 1.29 is 19.2 Å². The van der Waals surface area contributed by atoms with E-state index in [1.54, 1.807) is 4.90 Å². The molecule has 3 aliphatic heterocycles. The molecule has 1 spiro atoms. The number of likely N-dealkylation sites (tertiary alicyclic amines) is 2. The Morgan fingerprint density at radius 3 is 2.16 bits per heavy atom. The van der Waals surface area contributed by atoms with Gasteiger partial charge in [-0.2, -0.15) is 0 Å². The molecule has 8 heteroatoms. The maximum absolute atomic E-state index is 13.3. The van der Waals surface area contributed by atoms with Gasteiger partial charge in [0.2, 0.25) is 11.8 Å². The lowest BCUT2D eigenvalue weighted by Gasteiger charge is -2.39. The number of carbonyl (C=O) groups is 4. The molecule has 4 rings (SSSR count). The highest BCUT2D eigenvalue weighted by Gasteiger charge is 2.54. The van der Waals surface area contributed by atoms with Crippen LogP contribution >= 0.6 is 0 Å². The number of hydrogen-bond donors (Lipinski definition) is 1. The molecule has 4 fully saturated rings. The number of piperidine rings is 2. The smallest absolute Gasteiger partial charge is 0.325 e. The molecular weight excluding hydrogens is 396 g/mol. The van der Waals surface area contributed by atoms with Crippen LogP contribution in [0.1, 0.15) is 71.6 Å². The average Bonchev–Trinajstić information content (AvgIpc) is 3.34. The molecule has 0 radical (unpaired) electrons. The standard InChI is InChI=1S/C23H36N4O4/c1-16(2)20(29)26-13-9-23(10-14-26)21(30)27(22(31)24-23)18-7-11-25(12-8-18)19(28)15-17-5-3-4-6-17/h16-18H,3-15H2,1-2H3,(H,24,31). The van der Waals surface area contributed by atoms with Crippen molar-refractivity contribution >= 4 is 23.8 Å². The van der Waals surface area contributed by atoms with Crippen molar-refractivity contribution in [1.82, 2.24) is 20.0 Å². The second kappa shape index (κ2) is 8.79. The first-order chi connectivity index (χ1) is 14.8. The monoisotopic (exact) mass is 432 g/mol. The Hall–Kier alpha value is -2.12. The van der Waals surface area contributed by atoms with E-state index in [4.69, 9.17) is 0 Å². The number of hydrogen-bond acceptors (Lipinski definition) is 4. The molecule has 1 aliphatic carbocycles. The zero-order valence-corrected chi connectivity index (χ0v) is 18.9. The lowest BCUT2D eigenvalue weighted by atomic mass is 9.86. The van der Waals surface area contributed by atoms with Crippen LogP contribution in [-0.2, 0) is 14.4 Å². The Kier molecular flexibility index (Phi) is 6.26. The summed E-state index contributed by atoms with van der Waals surface area (Å²) in [4.78, 5) is 56.1. The number of carbonyl (C=O) groups excluding carboxylic acids is 4. The molecule has 3 heterocycles. The van der Waals surface area contributed by atoms with E-state index in [1.807, 2.05) is 18.7 Å². The first kappa shape index (κ1) is 22.1. The van der Waals surface area contributed by atoms with E-state index in [9.17, 15) is 19.2 Å². The van der Waals surface area contributed by atoms with E-state index < -0.39 is 5.54 Å². The number of rotatable bonds is 4. The normalized spacial score (nSPS) is 25.1.